The van der Waals surface area contributed by atoms with E-state index in [4.69, 9.17) is 4.74 Å². The monoisotopic (exact) mass is 462 g/mol. The number of carboxylic acid groups (broad SMARTS) is 1. The minimum absolute atomic E-state index is 0.0336. The number of aliphatic carboxylic acids is 1. The van der Waals surface area contributed by atoms with Crippen molar-refractivity contribution in [3.8, 4) is 21.7 Å². The van der Waals surface area contributed by atoms with Gasteiger partial charge in [0.2, 0.25) is 0 Å². The van der Waals surface area contributed by atoms with E-state index in [1.807, 2.05) is 41.8 Å². The summed E-state index contributed by atoms with van der Waals surface area (Å²) in [6.07, 6.45) is -0.766. The Morgan fingerprint density at radius 2 is 1.69 bits per heavy atom. The molecule has 1 amide bonds. The summed E-state index contributed by atoms with van der Waals surface area (Å²) in [6, 6.07) is 20.0. The molecule has 0 saturated heterocycles. The summed E-state index contributed by atoms with van der Waals surface area (Å²) in [4.78, 5) is 29.7. The Labute approximate surface area is 192 Å². The van der Waals surface area contributed by atoms with Crippen LogP contribution in [0.15, 0.2) is 66.0 Å². The van der Waals surface area contributed by atoms with Gasteiger partial charge in [-0.2, -0.15) is 0 Å². The molecule has 2 N–H and O–H groups in total. The first-order valence-corrected chi connectivity index (χ1v) is 11.7. The number of ether oxygens (including phenoxy) is 1. The van der Waals surface area contributed by atoms with E-state index in [0.29, 0.717) is 15.7 Å². The maximum Gasteiger partial charge on any atom is 0.413 e. The number of fused-ring (bicyclic) bond motifs is 3. The molecule has 0 aliphatic heterocycles. The van der Waals surface area contributed by atoms with Crippen molar-refractivity contribution in [2.75, 3.05) is 11.9 Å². The summed E-state index contributed by atoms with van der Waals surface area (Å²) in [5.74, 6) is -0.979. The Kier molecular flexibility index (Phi) is 5.46. The molecule has 0 atom stereocenters. The number of hydrogen-bond donors (Lipinski definition) is 2. The van der Waals surface area contributed by atoms with Gasteiger partial charge in [-0.15, -0.1) is 22.7 Å². The lowest BCUT2D eigenvalue weighted by molar-refractivity contribution is -0.136. The van der Waals surface area contributed by atoms with E-state index in [0.717, 1.165) is 38.5 Å². The number of hydrogen-bond acceptors (Lipinski definition) is 6. The summed E-state index contributed by atoms with van der Waals surface area (Å²) >= 11 is 2.62. The average Bonchev–Trinajstić information content (AvgIpc) is 3.50. The summed E-state index contributed by atoms with van der Waals surface area (Å²) in [5, 5.41) is 14.1. The van der Waals surface area contributed by atoms with Crippen molar-refractivity contribution in [2.24, 2.45) is 0 Å². The zero-order valence-electron chi connectivity index (χ0n) is 16.8. The van der Waals surface area contributed by atoms with Crippen LogP contribution in [-0.2, 0) is 16.0 Å². The predicted octanol–water partition coefficient (Wildman–Crippen LogP) is 5.86. The topological polar surface area (TPSA) is 88.5 Å². The largest absolute Gasteiger partial charge is 0.481 e. The van der Waals surface area contributed by atoms with Gasteiger partial charge in [-0.1, -0.05) is 54.6 Å². The number of aromatic nitrogens is 1. The quantitative estimate of drug-likeness (QED) is 0.375. The molecular weight excluding hydrogens is 444 g/mol. The highest BCUT2D eigenvalue weighted by Gasteiger charge is 2.29. The number of amides is 1. The number of carbonyl (C=O) groups is 2. The molecule has 1 aliphatic carbocycles. The van der Waals surface area contributed by atoms with E-state index in [2.05, 4.69) is 34.6 Å². The maximum atomic E-state index is 12.5. The van der Waals surface area contributed by atoms with Crippen molar-refractivity contribution in [2.45, 2.75) is 12.3 Å². The van der Waals surface area contributed by atoms with Crippen molar-refractivity contribution in [1.29, 1.82) is 0 Å². The van der Waals surface area contributed by atoms with Crippen molar-refractivity contribution < 1.29 is 19.4 Å². The van der Waals surface area contributed by atoms with Crippen molar-refractivity contribution in [3.05, 3.63) is 82.0 Å². The van der Waals surface area contributed by atoms with Crippen LogP contribution < -0.4 is 5.32 Å². The first-order valence-electron chi connectivity index (χ1n) is 9.97. The summed E-state index contributed by atoms with van der Waals surface area (Å²) in [5.41, 5.74) is 5.19. The first kappa shape index (κ1) is 20.4. The Bertz CT molecular complexity index is 1250. The Morgan fingerprint density at radius 1 is 1.00 bits per heavy atom. The van der Waals surface area contributed by atoms with Gasteiger partial charge < -0.3 is 9.84 Å². The maximum absolute atomic E-state index is 12.5. The molecule has 0 saturated carbocycles. The van der Waals surface area contributed by atoms with Gasteiger partial charge in [-0.25, -0.2) is 9.78 Å². The highest BCUT2D eigenvalue weighted by atomic mass is 32.1. The predicted molar refractivity (Wildman–Crippen MR) is 125 cm³/mol. The molecule has 0 radical (unpaired) electrons. The van der Waals surface area contributed by atoms with E-state index in [1.54, 1.807) is 0 Å². The lowest BCUT2D eigenvalue weighted by Crippen LogP contribution is -2.17. The molecule has 160 valence electrons. The van der Waals surface area contributed by atoms with Crippen LogP contribution in [0, 0.1) is 0 Å². The molecule has 0 bridgehead atoms. The van der Waals surface area contributed by atoms with E-state index < -0.39 is 12.1 Å². The molecule has 5 rings (SSSR count). The molecule has 0 fully saturated rings. The van der Waals surface area contributed by atoms with Crippen LogP contribution in [0.3, 0.4) is 0 Å². The fourth-order valence-electron chi connectivity index (χ4n) is 3.99. The van der Waals surface area contributed by atoms with E-state index >= 15 is 0 Å². The molecule has 6 nitrogen and oxygen atoms in total. The normalized spacial score (nSPS) is 12.2. The third-order valence-electron chi connectivity index (χ3n) is 5.32. The number of thiazole rings is 1. The lowest BCUT2D eigenvalue weighted by atomic mass is 9.98. The van der Waals surface area contributed by atoms with Crippen LogP contribution in [-0.4, -0.2) is 28.8 Å². The minimum Gasteiger partial charge on any atom is -0.481 e. The molecular formula is C24H18N2O4S2. The van der Waals surface area contributed by atoms with Gasteiger partial charge in [-0.05, 0) is 33.7 Å². The molecule has 1 aliphatic rings. The Hall–Kier alpha value is -3.49. The molecule has 0 unspecified atom stereocenters. The van der Waals surface area contributed by atoms with E-state index in [9.17, 15) is 14.7 Å². The van der Waals surface area contributed by atoms with Gasteiger partial charge >= 0.3 is 12.1 Å². The number of benzene rings is 2. The van der Waals surface area contributed by atoms with E-state index in [-0.39, 0.29) is 18.9 Å². The standard InChI is InChI=1S/C24H18N2O4S2/c27-21(28)12-20-22(19-10-5-11-31-19)25-23(32-20)26-24(29)30-13-18-16-8-3-1-6-14(16)15-7-2-4-9-17(15)18/h1-11,18H,12-13H2,(H,27,28)(H,25,26,29). The second kappa shape index (κ2) is 8.57. The zero-order chi connectivity index (χ0) is 22.1. The summed E-state index contributed by atoms with van der Waals surface area (Å²) in [7, 11) is 0. The number of carbonyl (C=O) groups excluding carboxylic acids is 1. The van der Waals surface area contributed by atoms with Crippen molar-refractivity contribution in [3.63, 3.8) is 0 Å². The van der Waals surface area contributed by atoms with Crippen LogP contribution in [0.1, 0.15) is 21.9 Å². The smallest absolute Gasteiger partial charge is 0.413 e. The van der Waals surface area contributed by atoms with Gasteiger partial charge in [0, 0.05) is 10.8 Å². The van der Waals surface area contributed by atoms with Gasteiger partial charge in [0.1, 0.15) is 6.61 Å². The third kappa shape index (κ3) is 3.90. The fourth-order valence-corrected chi connectivity index (χ4v) is 5.75. The number of anilines is 1. The Morgan fingerprint density at radius 3 is 2.31 bits per heavy atom. The molecule has 2 heterocycles. The van der Waals surface area contributed by atoms with Crippen LogP contribution in [0.2, 0.25) is 0 Å². The van der Waals surface area contributed by atoms with Crippen molar-refractivity contribution >= 4 is 39.9 Å². The number of carboxylic acids is 1. The highest BCUT2D eigenvalue weighted by Crippen LogP contribution is 2.44. The summed E-state index contributed by atoms with van der Waals surface area (Å²) in [6.45, 7) is 0.199. The lowest BCUT2D eigenvalue weighted by Gasteiger charge is -2.14. The fraction of sp³-hybridized carbons (Fsp3) is 0.125. The molecule has 0 spiro atoms. The zero-order valence-corrected chi connectivity index (χ0v) is 18.4. The molecule has 8 heteroatoms. The van der Waals surface area contributed by atoms with Gasteiger partial charge in [0.15, 0.2) is 5.13 Å². The second-order valence-corrected chi connectivity index (χ2v) is 9.32. The number of nitrogens with one attached hydrogen (secondary N) is 1. The van der Waals surface area contributed by atoms with Gasteiger partial charge in [0.25, 0.3) is 0 Å². The van der Waals surface area contributed by atoms with E-state index in [1.165, 1.54) is 11.3 Å². The average molecular weight is 463 g/mol. The third-order valence-corrected chi connectivity index (χ3v) is 7.16. The molecule has 2 aromatic heterocycles. The number of nitrogens with zero attached hydrogens (tertiary/aromatic N) is 1. The van der Waals surface area contributed by atoms with Crippen LogP contribution in [0.4, 0.5) is 9.93 Å². The second-order valence-electron chi connectivity index (χ2n) is 7.29. The summed E-state index contributed by atoms with van der Waals surface area (Å²) < 4.78 is 5.57. The van der Waals surface area contributed by atoms with Crippen LogP contribution in [0.5, 0.6) is 0 Å². The molecule has 2 aromatic carbocycles. The molecule has 32 heavy (non-hydrogen) atoms. The van der Waals surface area contributed by atoms with Gasteiger partial charge in [0.05, 0.1) is 17.0 Å². The number of thiophene rings is 1. The van der Waals surface area contributed by atoms with Gasteiger partial charge in [-0.3, -0.25) is 10.1 Å². The van der Waals surface area contributed by atoms with Crippen LogP contribution >= 0.6 is 22.7 Å². The van der Waals surface area contributed by atoms with Crippen LogP contribution in [0.25, 0.3) is 21.7 Å². The molecule has 4 aromatic rings. The minimum atomic E-state index is -0.945. The highest BCUT2D eigenvalue weighted by molar-refractivity contribution is 7.17. The SMILES string of the molecule is O=C(O)Cc1sc(NC(=O)OCC2c3ccccc3-c3ccccc32)nc1-c1cccs1. The number of rotatable bonds is 6. The van der Waals surface area contributed by atoms with Crippen molar-refractivity contribution in [1.82, 2.24) is 4.98 Å². The first-order chi connectivity index (χ1) is 15.6. The Balaban J connectivity index is 1.31.